The zero-order chi connectivity index (χ0) is 14.5. The molecule has 5 heteroatoms. The van der Waals surface area contributed by atoms with Crippen molar-refractivity contribution in [3.8, 4) is 0 Å². The van der Waals surface area contributed by atoms with E-state index in [2.05, 4.69) is 5.32 Å². The molecule has 1 saturated carbocycles. The number of halogens is 1. The number of hydrogen-bond acceptors (Lipinski definition) is 3. The zero-order valence-electron chi connectivity index (χ0n) is 11.5. The van der Waals surface area contributed by atoms with Crippen LogP contribution in [0.25, 0.3) is 0 Å². The predicted molar refractivity (Wildman–Crippen MR) is 77.8 cm³/mol. The van der Waals surface area contributed by atoms with Crippen molar-refractivity contribution in [1.82, 2.24) is 5.32 Å². The summed E-state index contributed by atoms with van der Waals surface area (Å²) in [5.74, 6) is 0.279. The number of methoxy groups -OCH3 is 1. The zero-order valence-corrected chi connectivity index (χ0v) is 12.3. The summed E-state index contributed by atoms with van der Waals surface area (Å²) in [6, 6.07) is 7.66. The Labute approximate surface area is 124 Å². The molecule has 3 atom stereocenters. The van der Waals surface area contributed by atoms with Crippen LogP contribution in [0.3, 0.4) is 0 Å². The van der Waals surface area contributed by atoms with E-state index in [-0.39, 0.29) is 17.7 Å². The first-order valence-corrected chi connectivity index (χ1v) is 7.20. The minimum Gasteiger partial charge on any atom is -0.391 e. The molecule has 0 aliphatic heterocycles. The van der Waals surface area contributed by atoms with Crippen molar-refractivity contribution in [1.29, 1.82) is 0 Å². The molecule has 110 valence electrons. The van der Waals surface area contributed by atoms with E-state index in [1.54, 1.807) is 7.11 Å². The van der Waals surface area contributed by atoms with Crippen LogP contribution in [-0.2, 0) is 9.53 Å². The lowest BCUT2D eigenvalue weighted by atomic mass is 10.1. The maximum absolute atomic E-state index is 12.0. The number of carbonyl (C=O) groups excluding carboxylic acids is 1. The van der Waals surface area contributed by atoms with Crippen molar-refractivity contribution < 1.29 is 14.6 Å². The van der Waals surface area contributed by atoms with Crippen molar-refractivity contribution in [2.45, 2.75) is 24.9 Å². The molecule has 1 fully saturated rings. The number of rotatable bonds is 7. The molecule has 1 aliphatic rings. The molecule has 0 heterocycles. The third kappa shape index (κ3) is 3.95. The minimum atomic E-state index is -0.529. The summed E-state index contributed by atoms with van der Waals surface area (Å²) in [7, 11) is 1.54. The highest BCUT2D eigenvalue weighted by Crippen LogP contribution is 2.49. The smallest absolute Gasteiger partial charge is 0.223 e. The molecular formula is C15H20ClNO3. The molecule has 4 nitrogen and oxygen atoms in total. The number of nitrogens with one attached hydrogen (secondary N) is 1. The van der Waals surface area contributed by atoms with Gasteiger partial charge in [-0.3, -0.25) is 4.79 Å². The molecule has 0 saturated heterocycles. The summed E-state index contributed by atoms with van der Waals surface area (Å²) in [6.45, 7) is 0.761. The normalized spacial score (nSPS) is 22.4. The van der Waals surface area contributed by atoms with Crippen LogP contribution in [0.2, 0.25) is 5.02 Å². The molecule has 20 heavy (non-hydrogen) atoms. The van der Waals surface area contributed by atoms with Gasteiger partial charge in [0, 0.05) is 24.6 Å². The van der Waals surface area contributed by atoms with Gasteiger partial charge in [-0.05, 0) is 30.4 Å². The Hall–Kier alpha value is -1.10. The lowest BCUT2D eigenvalue weighted by Gasteiger charge is -2.10. The van der Waals surface area contributed by atoms with Crippen molar-refractivity contribution in [3.05, 3.63) is 34.9 Å². The fourth-order valence-electron chi connectivity index (χ4n) is 2.37. The Kier molecular flexibility index (Phi) is 5.40. The van der Waals surface area contributed by atoms with Crippen LogP contribution in [-0.4, -0.2) is 37.4 Å². The summed E-state index contributed by atoms with van der Waals surface area (Å²) in [4.78, 5) is 12.0. The van der Waals surface area contributed by atoms with Crippen LogP contribution in [0.5, 0.6) is 0 Å². The predicted octanol–water partition coefficient (Wildman–Crippen LogP) is 1.96. The van der Waals surface area contributed by atoms with Gasteiger partial charge in [-0.1, -0.05) is 29.8 Å². The highest BCUT2D eigenvalue weighted by atomic mass is 35.5. The van der Waals surface area contributed by atoms with E-state index in [4.69, 9.17) is 16.3 Å². The Morgan fingerprint density at radius 2 is 2.30 bits per heavy atom. The molecule has 1 amide bonds. The molecule has 1 aromatic rings. The van der Waals surface area contributed by atoms with E-state index in [1.165, 1.54) is 0 Å². The van der Waals surface area contributed by atoms with Crippen LogP contribution >= 0.6 is 11.6 Å². The maximum atomic E-state index is 12.0. The van der Waals surface area contributed by atoms with E-state index < -0.39 is 6.10 Å². The van der Waals surface area contributed by atoms with Crippen LogP contribution in [0.1, 0.15) is 24.3 Å². The largest absolute Gasteiger partial charge is 0.391 e. The monoisotopic (exact) mass is 297 g/mol. The lowest BCUT2D eigenvalue weighted by molar-refractivity contribution is -0.122. The number of benzene rings is 1. The van der Waals surface area contributed by atoms with Crippen molar-refractivity contribution in [2.24, 2.45) is 5.92 Å². The maximum Gasteiger partial charge on any atom is 0.223 e. The number of aliphatic hydroxyl groups excluding tert-OH is 1. The average Bonchev–Trinajstić information content (AvgIpc) is 3.19. The van der Waals surface area contributed by atoms with Gasteiger partial charge in [0.1, 0.15) is 0 Å². The van der Waals surface area contributed by atoms with Gasteiger partial charge in [-0.25, -0.2) is 0 Å². The number of amides is 1. The Morgan fingerprint density at radius 1 is 1.55 bits per heavy atom. The van der Waals surface area contributed by atoms with Crippen LogP contribution in [0.15, 0.2) is 24.3 Å². The second-order valence-corrected chi connectivity index (χ2v) is 5.57. The molecule has 3 unspecified atom stereocenters. The molecule has 0 radical (unpaired) electrons. The van der Waals surface area contributed by atoms with E-state index in [1.807, 2.05) is 24.3 Å². The summed E-state index contributed by atoms with van der Waals surface area (Å²) >= 11 is 6.13. The number of carbonyl (C=O) groups is 1. The van der Waals surface area contributed by atoms with Gasteiger partial charge < -0.3 is 15.2 Å². The minimum absolute atomic E-state index is 0.00877. The Morgan fingerprint density at radius 3 is 3.00 bits per heavy atom. The standard InChI is InChI=1S/C15H20ClNO3/c1-20-9-10(18)6-7-17-15(19)13-8-12(13)11-4-2-3-5-14(11)16/h2-5,10,12-13,18H,6-9H2,1H3,(H,17,19). The van der Waals surface area contributed by atoms with Gasteiger partial charge in [-0.15, -0.1) is 0 Å². The van der Waals surface area contributed by atoms with Gasteiger partial charge in [-0.2, -0.15) is 0 Å². The summed E-state index contributed by atoms with van der Waals surface area (Å²) in [6.07, 6.45) is 0.818. The fraction of sp³-hybridized carbons (Fsp3) is 0.533. The molecule has 0 bridgehead atoms. The highest BCUT2D eigenvalue weighted by Gasteiger charge is 2.44. The second-order valence-electron chi connectivity index (χ2n) is 5.16. The molecule has 1 aromatic carbocycles. The van der Waals surface area contributed by atoms with Crippen molar-refractivity contribution in [3.63, 3.8) is 0 Å². The van der Waals surface area contributed by atoms with Crippen molar-refractivity contribution in [2.75, 3.05) is 20.3 Å². The lowest BCUT2D eigenvalue weighted by Crippen LogP contribution is -2.29. The topological polar surface area (TPSA) is 58.6 Å². The molecule has 1 aliphatic carbocycles. The highest BCUT2D eigenvalue weighted by molar-refractivity contribution is 6.31. The molecule has 0 aromatic heterocycles. The molecule has 2 rings (SSSR count). The van der Waals surface area contributed by atoms with Crippen molar-refractivity contribution >= 4 is 17.5 Å². The van der Waals surface area contributed by atoms with Crippen LogP contribution < -0.4 is 5.32 Å². The summed E-state index contributed by atoms with van der Waals surface area (Å²) in [5.41, 5.74) is 1.05. The number of ether oxygens (including phenoxy) is 1. The first kappa shape index (κ1) is 15.3. The van der Waals surface area contributed by atoms with Gasteiger partial charge in [0.2, 0.25) is 5.91 Å². The van der Waals surface area contributed by atoms with Gasteiger partial charge in [0.25, 0.3) is 0 Å². The van der Waals surface area contributed by atoms with E-state index in [0.717, 1.165) is 17.0 Å². The third-order valence-electron chi connectivity index (χ3n) is 3.57. The second kappa shape index (κ2) is 7.07. The number of aliphatic hydroxyl groups is 1. The molecule has 0 spiro atoms. The van der Waals surface area contributed by atoms with Gasteiger partial charge in [0.15, 0.2) is 0 Å². The van der Waals surface area contributed by atoms with E-state index in [0.29, 0.717) is 19.6 Å². The first-order chi connectivity index (χ1) is 9.63. The third-order valence-corrected chi connectivity index (χ3v) is 3.91. The van der Waals surface area contributed by atoms with Gasteiger partial charge >= 0.3 is 0 Å². The Bertz CT molecular complexity index is 466. The van der Waals surface area contributed by atoms with Crippen LogP contribution in [0.4, 0.5) is 0 Å². The van der Waals surface area contributed by atoms with Crippen LogP contribution in [0, 0.1) is 5.92 Å². The quantitative estimate of drug-likeness (QED) is 0.809. The number of hydrogen-bond donors (Lipinski definition) is 2. The SMILES string of the molecule is COCC(O)CCNC(=O)C1CC1c1ccccc1Cl. The molecular weight excluding hydrogens is 278 g/mol. The molecule has 2 N–H and O–H groups in total. The van der Waals surface area contributed by atoms with E-state index >= 15 is 0 Å². The fourth-order valence-corrected chi connectivity index (χ4v) is 2.65. The van der Waals surface area contributed by atoms with Gasteiger partial charge in [0.05, 0.1) is 12.7 Å². The Balaban J connectivity index is 1.75. The first-order valence-electron chi connectivity index (χ1n) is 6.82. The summed E-state index contributed by atoms with van der Waals surface area (Å²) in [5, 5.41) is 13.1. The van der Waals surface area contributed by atoms with E-state index in [9.17, 15) is 9.90 Å². The average molecular weight is 298 g/mol. The summed E-state index contributed by atoms with van der Waals surface area (Å²) < 4.78 is 4.83.